The van der Waals surface area contributed by atoms with E-state index in [4.69, 9.17) is 37.3 Å². The van der Waals surface area contributed by atoms with Crippen LogP contribution in [0.2, 0.25) is 0 Å². The Balaban J connectivity index is 0.000000310. The van der Waals surface area contributed by atoms with Gasteiger partial charge in [-0.2, -0.15) is 0 Å². The summed E-state index contributed by atoms with van der Waals surface area (Å²) in [5, 5.41) is 0. The summed E-state index contributed by atoms with van der Waals surface area (Å²) in [6.45, 7) is 8.79. The number of aryl methyl sites for hydroxylation is 4. The summed E-state index contributed by atoms with van der Waals surface area (Å²) >= 11 is 0. The van der Waals surface area contributed by atoms with E-state index in [0.717, 1.165) is 73.7 Å². The predicted octanol–water partition coefficient (Wildman–Crippen LogP) is -2.39. The number of aromatic nitrogens is 8. The molecule has 0 spiro atoms. The number of hydrogen-bond donors (Lipinski definition) is 0. The van der Waals surface area contributed by atoms with Crippen LogP contribution in [0.4, 0.5) is 0 Å². The molecule has 0 bridgehead atoms. The van der Waals surface area contributed by atoms with Crippen LogP contribution in [0.5, 0.6) is 0 Å². The molecule has 63 heavy (non-hydrogen) atoms. The van der Waals surface area contributed by atoms with E-state index in [2.05, 4.69) is 77.8 Å². The first-order chi connectivity index (χ1) is 29.4. The van der Waals surface area contributed by atoms with Crippen LogP contribution >= 0.6 is 0 Å². The van der Waals surface area contributed by atoms with Crippen LogP contribution in [0.25, 0.3) is 0 Å². The minimum Gasteiger partial charge on any atom is -0.337 e. The molecule has 330 valence electrons. The van der Waals surface area contributed by atoms with Crippen molar-refractivity contribution in [1.82, 2.24) is 48.8 Å². The largest absolute Gasteiger partial charge is 2.00 e. The van der Waals surface area contributed by atoms with Crippen LogP contribution in [0.1, 0.15) is 45.6 Å². The van der Waals surface area contributed by atoms with Crippen molar-refractivity contribution in [3.05, 3.63) is 192 Å². The second kappa shape index (κ2) is 28.9. The van der Waals surface area contributed by atoms with E-state index >= 15 is 0 Å². The Kier molecular flexibility index (Phi) is 25.0. The van der Waals surface area contributed by atoms with E-state index in [1.807, 2.05) is 146 Å². The number of hydrogen-bond acceptors (Lipinski definition) is 16. The Bertz CT molecular complexity index is 1970. The second-order valence-corrected chi connectivity index (χ2v) is 14.9. The molecule has 0 aliphatic rings. The van der Waals surface area contributed by atoms with Gasteiger partial charge in [-0.05, 0) is 62.4 Å². The van der Waals surface area contributed by atoms with Gasteiger partial charge in [-0.15, -0.1) is 20.5 Å². The van der Waals surface area contributed by atoms with Crippen molar-refractivity contribution in [1.29, 1.82) is 0 Å². The Morgan fingerprint density at radius 2 is 0.651 bits per heavy atom. The van der Waals surface area contributed by atoms with Crippen LogP contribution in [-0.2, 0) is 81.0 Å². The van der Waals surface area contributed by atoms with Crippen LogP contribution in [0.3, 0.4) is 0 Å². The molecule has 0 unspecified atom stereocenters. The Morgan fingerprint density at radius 3 is 0.841 bits per heavy atom. The van der Waals surface area contributed by atoms with E-state index < -0.39 is 20.5 Å². The summed E-state index contributed by atoms with van der Waals surface area (Å²) in [6.07, 6.45) is 14.9. The van der Waals surface area contributed by atoms with E-state index in [-0.39, 0.29) is 27.7 Å². The molecular weight excluding hydrogens is 1040 g/mol. The molecule has 6 heterocycles. The van der Waals surface area contributed by atoms with Gasteiger partial charge in [-0.1, -0.05) is 59.7 Å². The number of benzene rings is 1. The fourth-order valence-corrected chi connectivity index (χ4v) is 5.35. The predicted molar refractivity (Wildman–Crippen MR) is 205 cm³/mol. The zero-order valence-corrected chi connectivity index (χ0v) is 42.3. The van der Waals surface area contributed by atoms with Gasteiger partial charge >= 0.3 is 27.7 Å². The first-order valence-corrected chi connectivity index (χ1v) is 21.1. The SMILES string of the molecule is Cc1ccc(C)cc1.Cn1ccnc1CN(Cc1ccccn1)Cc1ccccn1.Cn1ccnc1CN(Cc1ccccn1)Cc1ccccn1.[Hg+2].[O-][Cl+3]([O-])([O-])[O-].[O-][Cl+3]([O-])([O-])[O-]. The maximum Gasteiger partial charge on any atom is 2.00 e. The molecule has 0 aliphatic carbocycles. The van der Waals surface area contributed by atoms with E-state index in [0.29, 0.717) is 0 Å². The Labute approximate surface area is 391 Å². The van der Waals surface area contributed by atoms with Gasteiger partial charge in [0.25, 0.3) is 0 Å². The summed E-state index contributed by atoms with van der Waals surface area (Å²) in [5.74, 6) is 2.07. The van der Waals surface area contributed by atoms with Crippen LogP contribution in [-0.4, -0.2) is 48.8 Å². The number of imidazole rings is 2. The molecule has 18 nitrogen and oxygen atoms in total. The van der Waals surface area contributed by atoms with E-state index in [9.17, 15) is 0 Å². The van der Waals surface area contributed by atoms with Gasteiger partial charge in [0.2, 0.25) is 0 Å². The number of pyridine rings is 4. The summed E-state index contributed by atoms with van der Waals surface area (Å²) < 4.78 is 72.0. The van der Waals surface area contributed by atoms with Gasteiger partial charge in [-0.25, -0.2) is 47.2 Å². The zero-order valence-electron chi connectivity index (χ0n) is 35.3. The third kappa shape index (κ3) is 26.6. The average Bonchev–Trinajstić information content (AvgIpc) is 3.82. The molecular formula is C42H48Cl2HgN10O8. The topological polar surface area (TPSA) is 278 Å². The number of rotatable bonds is 12. The molecule has 7 rings (SSSR count). The smallest absolute Gasteiger partial charge is 0.337 e. The molecule has 0 saturated carbocycles. The van der Waals surface area contributed by atoms with E-state index in [1.54, 1.807) is 0 Å². The molecule has 0 N–H and O–H groups in total. The van der Waals surface area contributed by atoms with Crippen molar-refractivity contribution in [3.8, 4) is 0 Å². The fourth-order valence-electron chi connectivity index (χ4n) is 5.35. The van der Waals surface area contributed by atoms with Crippen molar-refractivity contribution in [2.24, 2.45) is 14.1 Å². The maximum atomic E-state index is 8.49. The molecule has 6 aromatic heterocycles. The molecule has 7 aromatic rings. The third-order valence-electron chi connectivity index (χ3n) is 8.24. The quantitative estimate of drug-likeness (QED) is 0.116. The average molecular weight is 1090 g/mol. The summed E-state index contributed by atoms with van der Waals surface area (Å²) in [5.41, 5.74) is 6.85. The molecule has 21 heteroatoms. The molecule has 0 aliphatic heterocycles. The Morgan fingerprint density at radius 1 is 0.397 bits per heavy atom. The Hall–Kier alpha value is -4.64. The summed E-state index contributed by atoms with van der Waals surface area (Å²) in [4.78, 5) is 31.1. The second-order valence-electron chi connectivity index (χ2n) is 13.4. The number of halogens is 2. The van der Waals surface area contributed by atoms with Gasteiger partial charge in [0.05, 0.1) is 35.9 Å². The van der Waals surface area contributed by atoms with Crippen molar-refractivity contribution in [2.45, 2.75) is 53.1 Å². The maximum absolute atomic E-state index is 8.49. The van der Waals surface area contributed by atoms with Crippen molar-refractivity contribution < 1.29 is 85.4 Å². The zero-order chi connectivity index (χ0) is 45.4. The summed E-state index contributed by atoms with van der Waals surface area (Å²) in [7, 11) is -5.86. The fraction of sp³-hybridized carbons (Fsp3) is 0.238. The molecule has 0 amide bonds. The summed E-state index contributed by atoms with van der Waals surface area (Å²) in [6, 6.07) is 32.5. The molecule has 0 fully saturated rings. The molecule has 1 aromatic carbocycles. The van der Waals surface area contributed by atoms with Crippen molar-refractivity contribution in [3.63, 3.8) is 0 Å². The number of nitrogens with zero attached hydrogens (tertiary/aromatic N) is 10. The first kappa shape index (κ1) is 54.5. The van der Waals surface area contributed by atoms with Crippen LogP contribution in [0.15, 0.2) is 147 Å². The van der Waals surface area contributed by atoms with Gasteiger partial charge in [-0.3, -0.25) is 29.7 Å². The monoisotopic (exact) mass is 1090 g/mol. The standard InChI is InChI=1S/2C17H19N5.C8H10.2ClHO4.Hg/c2*1-21-11-10-20-17(21)14-22(12-15-6-2-4-8-18-15)13-16-7-3-5-9-19-16;1-7-3-5-8(2)6-4-7;2*2-1(3,4)5;/h2*2-11H,12-14H2,1H3;3-6H,1-2H3;2*(H,2,3,4,5);/q;;;;;+2/p-2. The van der Waals surface area contributed by atoms with Gasteiger partial charge in [0.15, 0.2) is 0 Å². The van der Waals surface area contributed by atoms with Gasteiger partial charge < -0.3 is 9.13 Å². The first-order valence-electron chi connectivity index (χ1n) is 18.6. The van der Waals surface area contributed by atoms with Crippen LogP contribution in [0, 0.1) is 34.3 Å². The van der Waals surface area contributed by atoms with Crippen molar-refractivity contribution >= 4 is 0 Å². The molecule has 0 atom stereocenters. The van der Waals surface area contributed by atoms with Gasteiger partial charge in [0.1, 0.15) is 11.6 Å². The van der Waals surface area contributed by atoms with Crippen LogP contribution < -0.4 is 37.3 Å². The normalized spacial score (nSPS) is 10.8. The molecule has 0 radical (unpaired) electrons. The molecule has 0 saturated heterocycles. The van der Waals surface area contributed by atoms with Crippen molar-refractivity contribution in [2.75, 3.05) is 0 Å². The minimum atomic E-state index is -4.94. The third-order valence-corrected chi connectivity index (χ3v) is 8.24. The minimum absolute atomic E-state index is 0. The van der Waals surface area contributed by atoms with E-state index in [1.165, 1.54) is 11.1 Å². The van der Waals surface area contributed by atoms with Gasteiger partial charge in [0, 0.05) is 89.8 Å².